The average molecular weight is 264 g/mol. The lowest BCUT2D eigenvalue weighted by Gasteiger charge is -2.34. The van der Waals surface area contributed by atoms with E-state index in [0.717, 1.165) is 25.9 Å². The molecule has 1 heterocycles. The van der Waals surface area contributed by atoms with Gasteiger partial charge < -0.3 is 20.5 Å². The number of nitrogens with two attached hydrogens (primary N) is 1. The van der Waals surface area contributed by atoms with Crippen LogP contribution in [0.2, 0.25) is 0 Å². The summed E-state index contributed by atoms with van der Waals surface area (Å²) < 4.78 is 5.59. The van der Waals surface area contributed by atoms with Crippen LogP contribution in [-0.4, -0.2) is 37.5 Å². The summed E-state index contributed by atoms with van der Waals surface area (Å²) in [7, 11) is 0. The lowest BCUT2D eigenvalue weighted by atomic mass is 10.0. The monoisotopic (exact) mass is 264 g/mol. The van der Waals surface area contributed by atoms with Crippen molar-refractivity contribution in [3.05, 3.63) is 29.3 Å². The standard InChI is InChI=1S/C15H24N2O2/c1-12-2-3-15(13(10-12)11-16)17-6-4-14(5-7-17)19-9-8-18/h2-3,10,14,18H,4-9,11,16H2,1H3. The molecule has 1 aromatic rings. The zero-order valence-corrected chi connectivity index (χ0v) is 11.6. The molecule has 3 N–H and O–H groups in total. The Kier molecular flexibility index (Phi) is 5.19. The Hall–Kier alpha value is -1.10. The van der Waals surface area contributed by atoms with Gasteiger partial charge in [-0.25, -0.2) is 0 Å². The van der Waals surface area contributed by atoms with Gasteiger partial charge >= 0.3 is 0 Å². The molecule has 0 atom stereocenters. The molecule has 0 aliphatic carbocycles. The van der Waals surface area contributed by atoms with E-state index in [1.54, 1.807) is 0 Å². The highest BCUT2D eigenvalue weighted by molar-refractivity contribution is 5.55. The molecule has 1 aromatic carbocycles. The van der Waals surface area contributed by atoms with Crippen molar-refractivity contribution in [2.45, 2.75) is 32.4 Å². The van der Waals surface area contributed by atoms with Gasteiger partial charge in [-0.3, -0.25) is 0 Å². The van der Waals surface area contributed by atoms with Gasteiger partial charge in [0.05, 0.1) is 19.3 Å². The first-order valence-corrected chi connectivity index (χ1v) is 7.01. The predicted octanol–water partition coefficient (Wildman–Crippen LogP) is 1.43. The van der Waals surface area contributed by atoms with Crippen molar-refractivity contribution in [3.63, 3.8) is 0 Å². The Morgan fingerprint density at radius 2 is 2.11 bits per heavy atom. The van der Waals surface area contributed by atoms with E-state index in [0.29, 0.717) is 13.2 Å². The van der Waals surface area contributed by atoms with Crippen molar-refractivity contribution < 1.29 is 9.84 Å². The van der Waals surface area contributed by atoms with E-state index in [4.69, 9.17) is 15.6 Å². The Labute approximate surface area is 115 Å². The quantitative estimate of drug-likeness (QED) is 0.844. The van der Waals surface area contributed by atoms with Crippen LogP contribution >= 0.6 is 0 Å². The van der Waals surface area contributed by atoms with Crippen LogP contribution in [0.25, 0.3) is 0 Å². The number of aryl methyl sites for hydroxylation is 1. The van der Waals surface area contributed by atoms with Gasteiger partial charge in [-0.1, -0.05) is 17.7 Å². The molecule has 106 valence electrons. The molecule has 0 spiro atoms. The van der Waals surface area contributed by atoms with Crippen molar-refractivity contribution in [3.8, 4) is 0 Å². The zero-order chi connectivity index (χ0) is 13.7. The first kappa shape index (κ1) is 14.3. The minimum atomic E-state index is 0.107. The molecule has 1 saturated heterocycles. The summed E-state index contributed by atoms with van der Waals surface area (Å²) in [6, 6.07) is 6.49. The van der Waals surface area contributed by atoms with Gasteiger partial charge in [0.15, 0.2) is 0 Å². The van der Waals surface area contributed by atoms with E-state index < -0.39 is 0 Å². The minimum Gasteiger partial charge on any atom is -0.394 e. The summed E-state index contributed by atoms with van der Waals surface area (Å²) in [5.41, 5.74) is 9.57. The molecule has 0 aromatic heterocycles. The number of ether oxygens (including phenoxy) is 1. The van der Waals surface area contributed by atoms with E-state index in [1.165, 1.54) is 16.8 Å². The first-order valence-electron chi connectivity index (χ1n) is 7.01. The fourth-order valence-electron chi connectivity index (χ4n) is 2.67. The van der Waals surface area contributed by atoms with Crippen LogP contribution in [0.3, 0.4) is 0 Å². The van der Waals surface area contributed by atoms with E-state index in [-0.39, 0.29) is 12.7 Å². The molecule has 19 heavy (non-hydrogen) atoms. The fraction of sp³-hybridized carbons (Fsp3) is 0.600. The second-order valence-electron chi connectivity index (χ2n) is 5.12. The highest BCUT2D eigenvalue weighted by Crippen LogP contribution is 2.25. The fourth-order valence-corrected chi connectivity index (χ4v) is 2.67. The number of aliphatic hydroxyl groups is 1. The van der Waals surface area contributed by atoms with Gasteiger partial charge in [0.2, 0.25) is 0 Å². The number of nitrogens with zero attached hydrogens (tertiary/aromatic N) is 1. The van der Waals surface area contributed by atoms with Gasteiger partial charge in [0.25, 0.3) is 0 Å². The third kappa shape index (κ3) is 3.69. The molecule has 1 aliphatic heterocycles. The predicted molar refractivity (Wildman–Crippen MR) is 77.3 cm³/mol. The first-order chi connectivity index (χ1) is 9.24. The molecule has 2 rings (SSSR count). The zero-order valence-electron chi connectivity index (χ0n) is 11.6. The summed E-state index contributed by atoms with van der Waals surface area (Å²) in [6.45, 7) is 5.22. The topological polar surface area (TPSA) is 58.7 Å². The third-order valence-corrected chi connectivity index (χ3v) is 3.68. The smallest absolute Gasteiger partial charge is 0.0701 e. The van der Waals surface area contributed by atoms with Crippen LogP contribution in [0.1, 0.15) is 24.0 Å². The highest BCUT2D eigenvalue weighted by Gasteiger charge is 2.21. The Bertz CT molecular complexity index is 401. The maximum absolute atomic E-state index is 8.77. The number of anilines is 1. The lowest BCUT2D eigenvalue weighted by Crippen LogP contribution is -2.38. The highest BCUT2D eigenvalue weighted by atomic mass is 16.5. The molecule has 0 unspecified atom stereocenters. The van der Waals surface area contributed by atoms with E-state index in [2.05, 4.69) is 30.0 Å². The molecular formula is C15H24N2O2. The maximum atomic E-state index is 8.77. The van der Waals surface area contributed by atoms with Crippen molar-refractivity contribution in [2.24, 2.45) is 5.73 Å². The third-order valence-electron chi connectivity index (χ3n) is 3.68. The van der Waals surface area contributed by atoms with E-state index in [9.17, 15) is 0 Å². The number of benzene rings is 1. The Morgan fingerprint density at radius 3 is 2.74 bits per heavy atom. The molecule has 0 bridgehead atoms. The van der Waals surface area contributed by atoms with Gasteiger partial charge in [-0.05, 0) is 31.4 Å². The van der Waals surface area contributed by atoms with E-state index in [1.807, 2.05) is 0 Å². The molecule has 1 aliphatic rings. The number of hydrogen-bond acceptors (Lipinski definition) is 4. The summed E-state index contributed by atoms with van der Waals surface area (Å²) in [5, 5.41) is 8.77. The van der Waals surface area contributed by atoms with Gasteiger partial charge in [0, 0.05) is 25.3 Å². The molecule has 4 heteroatoms. The van der Waals surface area contributed by atoms with Crippen LogP contribution in [0.4, 0.5) is 5.69 Å². The van der Waals surface area contributed by atoms with Crippen LogP contribution in [-0.2, 0) is 11.3 Å². The normalized spacial score (nSPS) is 16.9. The van der Waals surface area contributed by atoms with Crippen LogP contribution in [0.15, 0.2) is 18.2 Å². The molecule has 0 amide bonds. The largest absolute Gasteiger partial charge is 0.394 e. The SMILES string of the molecule is Cc1ccc(N2CCC(OCCO)CC2)c(CN)c1. The summed E-state index contributed by atoms with van der Waals surface area (Å²) in [4.78, 5) is 2.39. The summed E-state index contributed by atoms with van der Waals surface area (Å²) >= 11 is 0. The van der Waals surface area contributed by atoms with Gasteiger partial charge in [-0.15, -0.1) is 0 Å². The maximum Gasteiger partial charge on any atom is 0.0701 e. The number of piperidine rings is 1. The van der Waals surface area contributed by atoms with Crippen LogP contribution < -0.4 is 10.6 Å². The minimum absolute atomic E-state index is 0.107. The van der Waals surface area contributed by atoms with Crippen LogP contribution in [0.5, 0.6) is 0 Å². The molecule has 0 saturated carbocycles. The molecule has 0 radical (unpaired) electrons. The number of rotatable bonds is 5. The van der Waals surface area contributed by atoms with Crippen molar-refractivity contribution in [1.29, 1.82) is 0 Å². The Balaban J connectivity index is 1.97. The van der Waals surface area contributed by atoms with E-state index >= 15 is 0 Å². The van der Waals surface area contributed by atoms with Gasteiger partial charge in [0.1, 0.15) is 0 Å². The van der Waals surface area contributed by atoms with Crippen molar-refractivity contribution >= 4 is 5.69 Å². The molecule has 1 fully saturated rings. The number of hydrogen-bond donors (Lipinski definition) is 2. The van der Waals surface area contributed by atoms with Crippen molar-refractivity contribution in [1.82, 2.24) is 0 Å². The molecular weight excluding hydrogens is 240 g/mol. The van der Waals surface area contributed by atoms with Crippen molar-refractivity contribution in [2.75, 3.05) is 31.2 Å². The second-order valence-corrected chi connectivity index (χ2v) is 5.12. The lowest BCUT2D eigenvalue weighted by molar-refractivity contribution is 0.0159. The van der Waals surface area contributed by atoms with Crippen LogP contribution in [0, 0.1) is 6.92 Å². The Morgan fingerprint density at radius 1 is 1.37 bits per heavy atom. The summed E-state index contributed by atoms with van der Waals surface area (Å²) in [6.07, 6.45) is 2.31. The summed E-state index contributed by atoms with van der Waals surface area (Å²) in [5.74, 6) is 0. The van der Waals surface area contributed by atoms with Gasteiger partial charge in [-0.2, -0.15) is 0 Å². The number of aliphatic hydroxyl groups excluding tert-OH is 1. The average Bonchev–Trinajstić information content (AvgIpc) is 2.45. The molecule has 4 nitrogen and oxygen atoms in total. The second kappa shape index (κ2) is 6.89.